The Kier molecular flexibility index (Phi) is 77.8. The van der Waals surface area contributed by atoms with Crippen LogP contribution in [0.25, 0.3) is 0 Å². The van der Waals surface area contributed by atoms with E-state index in [1.807, 2.05) is 0 Å². The third kappa shape index (κ3) is 75.5. The van der Waals surface area contributed by atoms with Gasteiger partial charge in [0.2, 0.25) is 5.91 Å². The number of rotatable bonds is 79. The van der Waals surface area contributed by atoms with Crippen LogP contribution >= 0.6 is 0 Å². The molecular weight excluding hydrogens is 1090 g/mol. The van der Waals surface area contributed by atoms with Gasteiger partial charge in [-0.15, -0.1) is 0 Å². The second-order valence-corrected chi connectivity index (χ2v) is 28.8. The molecule has 6 heteroatoms. The SMILES string of the molecule is CCCCCCCCCCCCCCCCCCCCCCCC(O)C(CO)NC(=O)CCCCCCCCCCCCCCCCCCC/C=C\CCCCCCCCCCCCCCCCOC(=O)CCCCCCCCCCCCCCCCCC. The van der Waals surface area contributed by atoms with Crippen molar-refractivity contribution in [1.29, 1.82) is 0 Å². The predicted octanol–water partition coefficient (Wildman–Crippen LogP) is 27.4. The van der Waals surface area contributed by atoms with Crippen LogP contribution in [0.4, 0.5) is 0 Å². The molecule has 0 bridgehead atoms. The highest BCUT2D eigenvalue weighted by Gasteiger charge is 2.20. The topological polar surface area (TPSA) is 95.9 Å². The maximum atomic E-state index is 12.6. The summed E-state index contributed by atoms with van der Waals surface area (Å²) in [6.45, 7) is 5.02. The van der Waals surface area contributed by atoms with Gasteiger partial charge in [-0.25, -0.2) is 0 Å². The molecule has 530 valence electrons. The lowest BCUT2D eigenvalue weighted by Crippen LogP contribution is -2.45. The van der Waals surface area contributed by atoms with Crippen LogP contribution in [0.3, 0.4) is 0 Å². The lowest BCUT2D eigenvalue weighted by molar-refractivity contribution is -0.143. The highest BCUT2D eigenvalue weighted by Crippen LogP contribution is 2.21. The third-order valence-corrected chi connectivity index (χ3v) is 19.8. The van der Waals surface area contributed by atoms with Gasteiger partial charge in [-0.05, 0) is 51.4 Å². The average Bonchev–Trinajstić information content (AvgIpc) is 3.65. The first-order valence-corrected chi connectivity index (χ1v) is 41.4. The monoisotopic (exact) mass is 1250 g/mol. The zero-order valence-electron chi connectivity index (χ0n) is 61.0. The number of ether oxygens (including phenoxy) is 1. The van der Waals surface area contributed by atoms with Crippen molar-refractivity contribution in [2.24, 2.45) is 0 Å². The molecule has 0 aromatic rings. The first kappa shape index (κ1) is 87.6. The molecule has 3 N–H and O–H groups in total. The van der Waals surface area contributed by atoms with Gasteiger partial charge >= 0.3 is 5.97 Å². The summed E-state index contributed by atoms with van der Waals surface area (Å²) in [5.41, 5.74) is 0. The van der Waals surface area contributed by atoms with E-state index in [9.17, 15) is 19.8 Å². The summed E-state index contributed by atoms with van der Waals surface area (Å²) in [5.74, 6) is -0.000454. The molecule has 2 atom stereocenters. The molecule has 0 saturated heterocycles. The van der Waals surface area contributed by atoms with E-state index in [-0.39, 0.29) is 18.5 Å². The van der Waals surface area contributed by atoms with Gasteiger partial charge in [0.15, 0.2) is 0 Å². The van der Waals surface area contributed by atoms with Gasteiger partial charge in [-0.2, -0.15) is 0 Å². The van der Waals surface area contributed by atoms with Crippen molar-refractivity contribution < 1.29 is 24.5 Å². The molecule has 6 nitrogen and oxygen atoms in total. The third-order valence-electron chi connectivity index (χ3n) is 19.8. The molecule has 0 saturated carbocycles. The van der Waals surface area contributed by atoms with Gasteiger partial charge in [0.05, 0.1) is 25.4 Å². The Morgan fingerprint density at radius 3 is 0.798 bits per heavy atom. The number of hydrogen-bond donors (Lipinski definition) is 3. The van der Waals surface area contributed by atoms with Crippen molar-refractivity contribution >= 4 is 11.9 Å². The number of nitrogens with one attached hydrogen (secondary N) is 1. The maximum Gasteiger partial charge on any atom is 0.305 e. The zero-order valence-corrected chi connectivity index (χ0v) is 61.0. The lowest BCUT2D eigenvalue weighted by Gasteiger charge is -2.22. The minimum Gasteiger partial charge on any atom is -0.466 e. The fraction of sp³-hybridized carbons (Fsp3) is 0.952. The number of amides is 1. The van der Waals surface area contributed by atoms with E-state index in [2.05, 4.69) is 31.3 Å². The molecule has 0 aliphatic rings. The minimum atomic E-state index is -0.662. The Hall–Kier alpha value is -1.40. The van der Waals surface area contributed by atoms with Crippen LogP contribution in [0.15, 0.2) is 12.2 Å². The van der Waals surface area contributed by atoms with Gasteiger partial charge in [-0.3, -0.25) is 9.59 Å². The summed E-state index contributed by atoms with van der Waals surface area (Å²) in [6.07, 6.45) is 100. The quantitative estimate of drug-likeness (QED) is 0.0320. The van der Waals surface area contributed by atoms with Gasteiger partial charge in [-0.1, -0.05) is 431 Å². The number of aliphatic hydroxyl groups excluding tert-OH is 2. The molecule has 0 aromatic heterocycles. The number of carbonyl (C=O) groups excluding carboxylic acids is 2. The summed E-state index contributed by atoms with van der Waals surface area (Å²) < 4.78 is 5.51. The van der Waals surface area contributed by atoms with Crippen LogP contribution in [0.5, 0.6) is 0 Å². The highest BCUT2D eigenvalue weighted by molar-refractivity contribution is 5.76. The molecule has 0 aromatic carbocycles. The molecular formula is C83H163NO5. The minimum absolute atomic E-state index is 0.0251. The van der Waals surface area contributed by atoms with Crippen molar-refractivity contribution in [2.75, 3.05) is 13.2 Å². The second-order valence-electron chi connectivity index (χ2n) is 28.8. The first-order valence-electron chi connectivity index (χ1n) is 41.4. The Labute approximate surface area is 559 Å². The number of allylic oxidation sites excluding steroid dienone is 2. The van der Waals surface area contributed by atoms with Crippen molar-refractivity contribution in [2.45, 2.75) is 495 Å². The van der Waals surface area contributed by atoms with Crippen molar-refractivity contribution in [1.82, 2.24) is 5.32 Å². The van der Waals surface area contributed by atoms with Crippen LogP contribution in [-0.2, 0) is 14.3 Å². The Morgan fingerprint density at radius 2 is 0.528 bits per heavy atom. The van der Waals surface area contributed by atoms with Gasteiger partial charge in [0, 0.05) is 12.8 Å². The Bertz CT molecular complexity index is 1350. The van der Waals surface area contributed by atoms with Crippen LogP contribution in [0.1, 0.15) is 483 Å². The fourth-order valence-electron chi connectivity index (χ4n) is 13.5. The normalized spacial score (nSPS) is 12.4. The number of esters is 1. The molecule has 1 amide bonds. The number of aliphatic hydroxyl groups is 2. The van der Waals surface area contributed by atoms with Crippen LogP contribution in [-0.4, -0.2) is 47.4 Å². The Morgan fingerprint density at radius 1 is 0.303 bits per heavy atom. The molecule has 0 fully saturated rings. The van der Waals surface area contributed by atoms with Crippen LogP contribution in [0.2, 0.25) is 0 Å². The number of unbranched alkanes of at least 4 members (excludes halogenated alkanes) is 66. The van der Waals surface area contributed by atoms with E-state index in [1.54, 1.807) is 0 Å². The molecule has 0 heterocycles. The van der Waals surface area contributed by atoms with Crippen molar-refractivity contribution in [3.8, 4) is 0 Å². The molecule has 2 unspecified atom stereocenters. The molecule has 0 rings (SSSR count). The Balaban J connectivity index is 3.33. The standard InChI is InChI=1S/C83H163NO5/c1-3-5-7-9-11-13-15-17-19-21-22-38-41-44-47-51-55-59-63-67-71-75-81(86)80(79-85)84-82(87)76-72-68-64-60-56-52-48-45-42-39-36-34-32-30-28-26-24-23-25-27-29-31-33-35-37-40-43-46-50-54-58-62-66-70-74-78-89-83(88)77-73-69-65-61-57-53-49-20-18-16-14-12-10-8-6-4-2/h25,27,80-81,85-86H,3-24,26,28-79H2,1-2H3,(H,84,87)/b27-25-. The number of hydrogen-bond acceptors (Lipinski definition) is 5. The largest absolute Gasteiger partial charge is 0.466 e. The van der Waals surface area contributed by atoms with E-state index < -0.39 is 12.1 Å². The van der Waals surface area contributed by atoms with E-state index in [1.165, 1.54) is 411 Å². The summed E-state index contributed by atoms with van der Waals surface area (Å²) in [5, 5.41) is 23.5. The van der Waals surface area contributed by atoms with Crippen molar-refractivity contribution in [3.05, 3.63) is 12.2 Å². The molecule has 0 spiro atoms. The molecule has 0 aliphatic carbocycles. The lowest BCUT2D eigenvalue weighted by atomic mass is 10.0. The van der Waals surface area contributed by atoms with Crippen molar-refractivity contribution in [3.63, 3.8) is 0 Å². The smallest absolute Gasteiger partial charge is 0.305 e. The van der Waals surface area contributed by atoms with Gasteiger partial charge in [0.25, 0.3) is 0 Å². The van der Waals surface area contributed by atoms with E-state index in [0.717, 1.165) is 38.5 Å². The maximum absolute atomic E-state index is 12.6. The van der Waals surface area contributed by atoms with Gasteiger partial charge < -0.3 is 20.3 Å². The van der Waals surface area contributed by atoms with E-state index in [4.69, 9.17) is 4.74 Å². The summed E-state index contributed by atoms with van der Waals surface area (Å²) in [6, 6.07) is -0.539. The predicted molar refractivity (Wildman–Crippen MR) is 394 cm³/mol. The zero-order chi connectivity index (χ0) is 64.2. The average molecular weight is 1260 g/mol. The van der Waals surface area contributed by atoms with E-state index >= 15 is 0 Å². The van der Waals surface area contributed by atoms with E-state index in [0.29, 0.717) is 25.9 Å². The fourth-order valence-corrected chi connectivity index (χ4v) is 13.5. The number of carbonyl (C=O) groups is 2. The summed E-state index contributed by atoms with van der Waals surface area (Å²) >= 11 is 0. The van der Waals surface area contributed by atoms with Gasteiger partial charge in [0.1, 0.15) is 0 Å². The summed E-state index contributed by atoms with van der Waals surface area (Å²) in [7, 11) is 0. The van der Waals surface area contributed by atoms with Crippen LogP contribution < -0.4 is 5.32 Å². The summed E-state index contributed by atoms with van der Waals surface area (Å²) in [4.78, 5) is 24.7. The molecule has 89 heavy (non-hydrogen) atoms. The first-order chi connectivity index (χ1) is 44.0. The van der Waals surface area contributed by atoms with Crippen LogP contribution in [0, 0.1) is 0 Å². The molecule has 0 radical (unpaired) electrons. The highest BCUT2D eigenvalue weighted by atomic mass is 16.5. The molecule has 0 aliphatic heterocycles. The second kappa shape index (κ2) is 79.0.